The first-order valence-electron chi connectivity index (χ1n) is 10.3. The third kappa shape index (κ3) is 4.48. The van der Waals surface area contributed by atoms with Gasteiger partial charge in [-0.15, -0.1) is 5.10 Å². The number of nitrogens with one attached hydrogen (secondary N) is 1. The largest absolute Gasteiger partial charge is 0.376 e. The zero-order chi connectivity index (χ0) is 20.2. The Balaban J connectivity index is 1.40. The minimum atomic E-state index is -0.285. The van der Waals surface area contributed by atoms with Crippen LogP contribution in [0.1, 0.15) is 41.6 Å². The van der Waals surface area contributed by atoms with Crippen LogP contribution in [0.25, 0.3) is 0 Å². The van der Waals surface area contributed by atoms with Gasteiger partial charge in [-0.1, -0.05) is 0 Å². The molecule has 2 fully saturated rings. The Morgan fingerprint density at radius 2 is 2.10 bits per heavy atom. The van der Waals surface area contributed by atoms with Crippen molar-refractivity contribution in [2.75, 3.05) is 24.6 Å². The van der Waals surface area contributed by atoms with E-state index in [-0.39, 0.29) is 29.2 Å². The van der Waals surface area contributed by atoms with Crippen LogP contribution in [0.4, 0.5) is 5.82 Å². The number of piperidine rings is 1. The predicted molar refractivity (Wildman–Crippen MR) is 109 cm³/mol. The molecule has 0 aliphatic carbocycles. The lowest BCUT2D eigenvalue weighted by molar-refractivity contribution is 0.0914. The van der Waals surface area contributed by atoms with Crippen LogP contribution in [0.2, 0.25) is 0 Å². The minimum absolute atomic E-state index is 0.0426. The predicted octanol–water partition coefficient (Wildman–Crippen LogP) is 1.52. The Morgan fingerprint density at radius 1 is 1.28 bits per heavy atom. The summed E-state index contributed by atoms with van der Waals surface area (Å²) in [6.07, 6.45) is 7.05. The molecule has 2 aliphatic rings. The lowest BCUT2D eigenvalue weighted by Crippen LogP contribution is -2.46. The highest BCUT2D eigenvalue weighted by Crippen LogP contribution is 2.17. The van der Waals surface area contributed by atoms with Crippen LogP contribution in [-0.2, 0) is 11.3 Å². The van der Waals surface area contributed by atoms with E-state index in [1.165, 1.54) is 0 Å². The summed E-state index contributed by atoms with van der Waals surface area (Å²) in [6, 6.07) is 5.69. The molecule has 0 spiro atoms. The molecule has 154 valence electrons. The topological polar surface area (TPSA) is 89.4 Å². The maximum atomic E-state index is 12.9. The molecular weight excluding hydrogens is 370 g/mol. The Morgan fingerprint density at radius 3 is 2.79 bits per heavy atom. The van der Waals surface area contributed by atoms with Crippen molar-refractivity contribution in [3.05, 3.63) is 52.1 Å². The number of rotatable bonds is 5. The molecule has 1 atom stereocenters. The van der Waals surface area contributed by atoms with Crippen molar-refractivity contribution in [3.63, 3.8) is 0 Å². The molecule has 1 unspecified atom stereocenters. The third-order valence-corrected chi connectivity index (χ3v) is 5.74. The summed E-state index contributed by atoms with van der Waals surface area (Å²) in [5.74, 6) is 0.570. The number of carbonyl (C=O) groups is 1. The number of hydrogen-bond acceptors (Lipinski definition) is 6. The van der Waals surface area contributed by atoms with Gasteiger partial charge in [-0.25, -0.2) is 0 Å². The van der Waals surface area contributed by atoms with Gasteiger partial charge in [0.2, 0.25) is 0 Å². The zero-order valence-electron chi connectivity index (χ0n) is 16.7. The molecule has 2 aromatic rings. The molecule has 0 saturated carbocycles. The molecule has 4 rings (SSSR count). The Labute approximate surface area is 169 Å². The van der Waals surface area contributed by atoms with E-state index in [4.69, 9.17) is 4.74 Å². The van der Waals surface area contributed by atoms with Crippen LogP contribution in [0.3, 0.4) is 0 Å². The lowest BCUT2D eigenvalue weighted by atomic mass is 10.0. The Bertz CT molecular complexity index is 900. The molecule has 0 bridgehead atoms. The van der Waals surface area contributed by atoms with Gasteiger partial charge in [-0.05, 0) is 56.4 Å². The Kier molecular flexibility index (Phi) is 5.89. The normalized spacial score (nSPS) is 20.0. The number of aryl methyl sites for hydroxylation is 1. The van der Waals surface area contributed by atoms with Gasteiger partial charge < -0.3 is 19.5 Å². The van der Waals surface area contributed by atoms with Crippen LogP contribution in [0.15, 0.2) is 35.4 Å². The SMILES string of the molecule is Cc1ccn(CC2CCCO2)c(=O)c1C(=O)NC1CCN(c2cccnn2)CC1. The standard InChI is InChI=1S/C21H27N5O3/c1-15-6-10-26(14-17-4-3-13-29-17)21(28)19(15)20(27)23-16-7-11-25(12-8-16)18-5-2-9-22-24-18/h2,5-6,9-10,16-17H,3-4,7-8,11-14H2,1H3,(H,23,27). The number of nitrogens with zero attached hydrogens (tertiary/aromatic N) is 4. The molecular formula is C21H27N5O3. The van der Waals surface area contributed by atoms with Crippen molar-refractivity contribution in [2.45, 2.75) is 51.3 Å². The third-order valence-electron chi connectivity index (χ3n) is 5.74. The second-order valence-electron chi connectivity index (χ2n) is 7.78. The van der Waals surface area contributed by atoms with Crippen molar-refractivity contribution in [2.24, 2.45) is 0 Å². The van der Waals surface area contributed by atoms with Crippen LogP contribution >= 0.6 is 0 Å². The maximum absolute atomic E-state index is 12.9. The first kappa shape index (κ1) is 19.6. The monoisotopic (exact) mass is 397 g/mol. The average molecular weight is 397 g/mol. The van der Waals surface area contributed by atoms with Crippen molar-refractivity contribution in [1.29, 1.82) is 0 Å². The van der Waals surface area contributed by atoms with Crippen LogP contribution in [0, 0.1) is 6.92 Å². The lowest BCUT2D eigenvalue weighted by Gasteiger charge is -2.32. The molecule has 0 aromatic carbocycles. The number of anilines is 1. The highest BCUT2D eigenvalue weighted by molar-refractivity contribution is 5.95. The highest BCUT2D eigenvalue weighted by atomic mass is 16.5. The van der Waals surface area contributed by atoms with E-state index in [1.54, 1.807) is 17.0 Å². The summed E-state index contributed by atoms with van der Waals surface area (Å²) in [4.78, 5) is 28.0. The maximum Gasteiger partial charge on any atom is 0.263 e. The van der Waals surface area contributed by atoms with E-state index in [0.717, 1.165) is 51.2 Å². The van der Waals surface area contributed by atoms with Gasteiger partial charge in [0.1, 0.15) is 5.56 Å². The van der Waals surface area contributed by atoms with E-state index in [2.05, 4.69) is 20.4 Å². The number of pyridine rings is 1. The fourth-order valence-electron chi connectivity index (χ4n) is 4.07. The molecule has 0 radical (unpaired) electrons. The second-order valence-corrected chi connectivity index (χ2v) is 7.78. The number of aromatic nitrogens is 3. The van der Waals surface area contributed by atoms with Crippen LogP contribution in [0.5, 0.6) is 0 Å². The smallest absolute Gasteiger partial charge is 0.263 e. The van der Waals surface area contributed by atoms with Gasteiger partial charge in [-0.2, -0.15) is 5.10 Å². The molecule has 4 heterocycles. The molecule has 1 N–H and O–H groups in total. The summed E-state index contributed by atoms with van der Waals surface area (Å²) in [5, 5.41) is 11.1. The molecule has 29 heavy (non-hydrogen) atoms. The van der Waals surface area contributed by atoms with Gasteiger partial charge >= 0.3 is 0 Å². The molecule has 1 amide bonds. The van der Waals surface area contributed by atoms with E-state index in [0.29, 0.717) is 12.1 Å². The number of carbonyl (C=O) groups excluding carboxylic acids is 1. The number of amides is 1. The fraction of sp³-hybridized carbons (Fsp3) is 0.524. The summed E-state index contributed by atoms with van der Waals surface area (Å²) in [7, 11) is 0. The van der Waals surface area contributed by atoms with Crippen molar-refractivity contribution in [1.82, 2.24) is 20.1 Å². The van der Waals surface area contributed by atoms with Crippen molar-refractivity contribution in [3.8, 4) is 0 Å². The van der Waals surface area contributed by atoms with E-state index >= 15 is 0 Å². The number of hydrogen-bond donors (Lipinski definition) is 1. The Hall–Kier alpha value is -2.74. The number of ether oxygens (including phenoxy) is 1. The first-order chi connectivity index (χ1) is 14.1. The molecule has 2 aromatic heterocycles. The zero-order valence-corrected chi connectivity index (χ0v) is 16.7. The molecule has 8 nitrogen and oxygen atoms in total. The van der Waals surface area contributed by atoms with Gasteiger partial charge in [0.05, 0.1) is 12.6 Å². The van der Waals surface area contributed by atoms with Crippen molar-refractivity contribution >= 4 is 11.7 Å². The molecule has 2 saturated heterocycles. The second kappa shape index (κ2) is 8.73. The minimum Gasteiger partial charge on any atom is -0.376 e. The summed E-state index contributed by atoms with van der Waals surface area (Å²) < 4.78 is 7.24. The van der Waals surface area contributed by atoms with Gasteiger partial charge in [0.15, 0.2) is 5.82 Å². The highest BCUT2D eigenvalue weighted by Gasteiger charge is 2.25. The molecule has 2 aliphatic heterocycles. The quantitative estimate of drug-likeness (QED) is 0.823. The first-order valence-corrected chi connectivity index (χ1v) is 10.3. The van der Waals surface area contributed by atoms with E-state index in [1.807, 2.05) is 25.1 Å². The van der Waals surface area contributed by atoms with Crippen molar-refractivity contribution < 1.29 is 9.53 Å². The van der Waals surface area contributed by atoms with E-state index < -0.39 is 0 Å². The van der Waals surface area contributed by atoms with Gasteiger partial charge in [0.25, 0.3) is 11.5 Å². The van der Waals surface area contributed by atoms with Crippen LogP contribution < -0.4 is 15.8 Å². The van der Waals surface area contributed by atoms with Gasteiger partial charge in [0, 0.05) is 38.1 Å². The van der Waals surface area contributed by atoms with Gasteiger partial charge in [-0.3, -0.25) is 9.59 Å². The fourth-order valence-corrected chi connectivity index (χ4v) is 4.07. The molecule has 8 heteroatoms. The van der Waals surface area contributed by atoms with E-state index in [9.17, 15) is 9.59 Å². The average Bonchev–Trinajstić information content (AvgIpc) is 3.25. The van der Waals surface area contributed by atoms with Crippen LogP contribution in [-0.4, -0.2) is 52.5 Å². The summed E-state index contributed by atoms with van der Waals surface area (Å²) >= 11 is 0. The summed E-state index contributed by atoms with van der Waals surface area (Å²) in [6.45, 7) is 4.63. The summed E-state index contributed by atoms with van der Waals surface area (Å²) in [5.41, 5.74) is 0.699.